The van der Waals surface area contributed by atoms with Crippen molar-refractivity contribution < 1.29 is 31.5 Å². The maximum atomic E-state index is 13.1. The number of aromatic nitrogens is 4. The molecule has 0 amide bonds. The summed E-state index contributed by atoms with van der Waals surface area (Å²) < 4.78 is 68.6. The molecule has 12 heteroatoms. The number of hydrogen-bond donors (Lipinski definition) is 0. The summed E-state index contributed by atoms with van der Waals surface area (Å²) >= 11 is 0.794. The number of carbonyl (C=O) groups excluding carboxylic acids is 1. The van der Waals surface area contributed by atoms with Crippen LogP contribution in [0.5, 0.6) is 5.75 Å². The molecular formula is C18H13F5N4O2S. The average molecular weight is 444 g/mol. The lowest BCUT2D eigenvalue weighted by molar-refractivity contribution is -0.141. The third-order valence-electron chi connectivity index (χ3n) is 3.73. The number of halogens is 5. The van der Waals surface area contributed by atoms with Crippen molar-refractivity contribution in [3.8, 4) is 17.1 Å². The average Bonchev–Trinajstić information content (AvgIpc) is 3.07. The van der Waals surface area contributed by atoms with Crippen LogP contribution in [0, 0.1) is 0 Å². The highest BCUT2D eigenvalue weighted by Crippen LogP contribution is 2.28. The van der Waals surface area contributed by atoms with Crippen LogP contribution in [0.3, 0.4) is 0 Å². The second kappa shape index (κ2) is 9.20. The standard InChI is InChI=1S/C18H13F5N4O2S/c19-16(20)29-13-3-1-11(2-4-13)14(28)9-30-17-26-25-15(12-5-7-24-8-6-12)27(17)10-18(21,22)23/h1-8,16H,9-10H2. The molecule has 0 saturated heterocycles. The Hall–Kier alpha value is -3.02. The van der Waals surface area contributed by atoms with Crippen molar-refractivity contribution in [1.82, 2.24) is 19.7 Å². The van der Waals surface area contributed by atoms with E-state index in [1.165, 1.54) is 48.8 Å². The van der Waals surface area contributed by atoms with Crippen molar-refractivity contribution in [3.05, 3.63) is 54.4 Å². The highest BCUT2D eigenvalue weighted by molar-refractivity contribution is 7.99. The molecule has 158 valence electrons. The molecule has 2 aromatic heterocycles. The number of pyridine rings is 1. The van der Waals surface area contributed by atoms with Gasteiger partial charge in [0.15, 0.2) is 16.8 Å². The largest absolute Gasteiger partial charge is 0.435 e. The zero-order valence-electron chi connectivity index (χ0n) is 15.0. The van der Waals surface area contributed by atoms with Gasteiger partial charge in [0.25, 0.3) is 0 Å². The van der Waals surface area contributed by atoms with Crippen molar-refractivity contribution >= 4 is 17.5 Å². The molecule has 0 fully saturated rings. The Bertz CT molecular complexity index is 994. The van der Waals surface area contributed by atoms with Gasteiger partial charge >= 0.3 is 12.8 Å². The van der Waals surface area contributed by atoms with Gasteiger partial charge in [-0.1, -0.05) is 11.8 Å². The maximum Gasteiger partial charge on any atom is 0.406 e. The van der Waals surface area contributed by atoms with Crippen LogP contribution in [0.2, 0.25) is 0 Å². The van der Waals surface area contributed by atoms with Gasteiger partial charge in [-0.15, -0.1) is 10.2 Å². The van der Waals surface area contributed by atoms with Gasteiger partial charge in [0.1, 0.15) is 12.3 Å². The Morgan fingerprint density at radius 3 is 2.33 bits per heavy atom. The first-order chi connectivity index (χ1) is 14.2. The Kier molecular flexibility index (Phi) is 6.65. The normalized spacial score (nSPS) is 11.7. The summed E-state index contributed by atoms with van der Waals surface area (Å²) in [5.41, 5.74) is 0.593. The highest BCUT2D eigenvalue weighted by Gasteiger charge is 2.31. The summed E-state index contributed by atoms with van der Waals surface area (Å²) in [6.07, 6.45) is -1.69. The molecule has 3 rings (SSSR count). The SMILES string of the molecule is O=C(CSc1nnc(-c2ccncc2)n1CC(F)(F)F)c1ccc(OC(F)F)cc1. The lowest BCUT2D eigenvalue weighted by Crippen LogP contribution is -2.19. The second-order valence-electron chi connectivity index (χ2n) is 5.86. The van der Waals surface area contributed by atoms with Crippen molar-refractivity contribution in [2.75, 3.05) is 5.75 Å². The number of benzene rings is 1. The Labute approximate surface area is 171 Å². The van der Waals surface area contributed by atoms with Crippen LogP contribution in [0.15, 0.2) is 53.9 Å². The molecule has 0 aliphatic rings. The summed E-state index contributed by atoms with van der Waals surface area (Å²) in [6, 6.07) is 8.00. The maximum absolute atomic E-state index is 13.1. The number of alkyl halides is 5. The molecule has 0 atom stereocenters. The number of Topliss-reactive ketones (excluding diaryl/α,β-unsaturated/α-hetero) is 1. The molecule has 2 heterocycles. The minimum absolute atomic E-state index is 0.00169. The van der Waals surface area contributed by atoms with E-state index in [0.29, 0.717) is 5.56 Å². The third-order valence-corrected chi connectivity index (χ3v) is 4.69. The van der Waals surface area contributed by atoms with Crippen molar-refractivity contribution in [3.63, 3.8) is 0 Å². The molecule has 0 aliphatic heterocycles. The molecule has 30 heavy (non-hydrogen) atoms. The first-order valence-electron chi connectivity index (χ1n) is 8.34. The van der Waals surface area contributed by atoms with E-state index in [2.05, 4.69) is 19.9 Å². The van der Waals surface area contributed by atoms with E-state index >= 15 is 0 Å². The predicted molar refractivity (Wildman–Crippen MR) is 97.4 cm³/mol. The summed E-state index contributed by atoms with van der Waals surface area (Å²) in [6.45, 7) is -4.31. The van der Waals surface area contributed by atoms with E-state index in [-0.39, 0.29) is 28.0 Å². The molecule has 0 unspecified atom stereocenters. The molecule has 3 aromatic rings. The molecule has 0 N–H and O–H groups in total. The van der Waals surface area contributed by atoms with Crippen LogP contribution in [-0.2, 0) is 6.54 Å². The number of ether oxygens (including phenoxy) is 1. The summed E-state index contributed by atoms with van der Waals surface area (Å²) in [7, 11) is 0. The van der Waals surface area contributed by atoms with E-state index < -0.39 is 25.1 Å². The summed E-state index contributed by atoms with van der Waals surface area (Å²) in [4.78, 5) is 16.1. The van der Waals surface area contributed by atoms with Crippen LogP contribution in [0.1, 0.15) is 10.4 Å². The van der Waals surface area contributed by atoms with E-state index in [1.54, 1.807) is 0 Å². The van der Waals surface area contributed by atoms with Gasteiger partial charge < -0.3 is 4.74 Å². The van der Waals surface area contributed by atoms with Crippen molar-refractivity contribution in [2.45, 2.75) is 24.5 Å². The molecule has 0 aliphatic carbocycles. The Morgan fingerprint density at radius 2 is 1.73 bits per heavy atom. The minimum atomic E-state index is -4.52. The van der Waals surface area contributed by atoms with E-state index in [0.717, 1.165) is 16.3 Å². The molecule has 0 radical (unpaired) electrons. The Morgan fingerprint density at radius 1 is 1.07 bits per heavy atom. The molecule has 0 spiro atoms. The number of thioether (sulfide) groups is 1. The zero-order valence-corrected chi connectivity index (χ0v) is 15.8. The molecule has 1 aromatic carbocycles. The van der Waals surface area contributed by atoms with Gasteiger partial charge in [0, 0.05) is 23.5 Å². The fourth-order valence-corrected chi connectivity index (χ4v) is 3.30. The van der Waals surface area contributed by atoms with Crippen LogP contribution >= 0.6 is 11.8 Å². The fourth-order valence-electron chi connectivity index (χ4n) is 2.47. The lowest BCUT2D eigenvalue weighted by atomic mass is 10.1. The minimum Gasteiger partial charge on any atom is -0.435 e. The van der Waals surface area contributed by atoms with Crippen LogP contribution in [-0.4, -0.2) is 44.1 Å². The van der Waals surface area contributed by atoms with Gasteiger partial charge in [-0.25, -0.2) is 0 Å². The number of hydrogen-bond acceptors (Lipinski definition) is 6. The molecule has 6 nitrogen and oxygen atoms in total. The number of ketones is 1. The van der Waals surface area contributed by atoms with Gasteiger partial charge in [0.05, 0.1) is 5.75 Å². The monoisotopic (exact) mass is 444 g/mol. The fraction of sp³-hybridized carbons (Fsp3) is 0.222. The predicted octanol–water partition coefficient (Wildman–Crippen LogP) is 4.48. The van der Waals surface area contributed by atoms with E-state index in [1.807, 2.05) is 0 Å². The van der Waals surface area contributed by atoms with Crippen molar-refractivity contribution in [1.29, 1.82) is 0 Å². The van der Waals surface area contributed by atoms with Crippen LogP contribution < -0.4 is 4.74 Å². The molecule has 0 bridgehead atoms. The number of rotatable bonds is 8. The van der Waals surface area contributed by atoms with E-state index in [4.69, 9.17) is 0 Å². The van der Waals surface area contributed by atoms with Gasteiger partial charge in [-0.05, 0) is 36.4 Å². The summed E-state index contributed by atoms with van der Waals surface area (Å²) in [5.74, 6) is -0.753. The van der Waals surface area contributed by atoms with Crippen molar-refractivity contribution in [2.24, 2.45) is 0 Å². The van der Waals surface area contributed by atoms with Crippen LogP contribution in [0.25, 0.3) is 11.4 Å². The first kappa shape index (κ1) is 21.7. The zero-order chi connectivity index (χ0) is 21.7. The Balaban J connectivity index is 1.76. The number of carbonyl (C=O) groups is 1. The molecular weight excluding hydrogens is 431 g/mol. The topological polar surface area (TPSA) is 69.9 Å². The van der Waals surface area contributed by atoms with E-state index in [9.17, 15) is 26.7 Å². The number of nitrogens with zero attached hydrogens (tertiary/aromatic N) is 4. The highest BCUT2D eigenvalue weighted by atomic mass is 32.2. The lowest BCUT2D eigenvalue weighted by Gasteiger charge is -2.12. The summed E-state index contributed by atoms with van der Waals surface area (Å²) in [5, 5.41) is 7.54. The molecule has 0 saturated carbocycles. The first-order valence-corrected chi connectivity index (χ1v) is 9.33. The third kappa shape index (κ3) is 5.75. The van der Waals surface area contributed by atoms with Crippen LogP contribution in [0.4, 0.5) is 22.0 Å². The van der Waals surface area contributed by atoms with Gasteiger partial charge in [0.2, 0.25) is 0 Å². The van der Waals surface area contributed by atoms with Gasteiger partial charge in [-0.2, -0.15) is 22.0 Å². The quantitative estimate of drug-likeness (QED) is 0.290. The second-order valence-corrected chi connectivity index (χ2v) is 6.80. The smallest absolute Gasteiger partial charge is 0.406 e. The van der Waals surface area contributed by atoms with Gasteiger partial charge in [-0.3, -0.25) is 14.3 Å².